The van der Waals surface area contributed by atoms with Crippen LogP contribution in [-0.4, -0.2) is 16.8 Å². The topological polar surface area (TPSA) is 71.1 Å². The van der Waals surface area contributed by atoms with Gasteiger partial charge in [-0.05, 0) is 42.0 Å². The van der Waals surface area contributed by atoms with Crippen molar-refractivity contribution in [2.24, 2.45) is 0 Å². The molecule has 2 N–H and O–H groups in total. The van der Waals surface area contributed by atoms with Crippen molar-refractivity contribution < 1.29 is 9.59 Å². The number of aromatic nitrogens is 1. The van der Waals surface area contributed by atoms with Crippen molar-refractivity contribution in [3.63, 3.8) is 0 Å². The number of nitrogens with zero attached hydrogens (tertiary/aromatic N) is 1. The fourth-order valence-corrected chi connectivity index (χ4v) is 2.43. The van der Waals surface area contributed by atoms with Crippen molar-refractivity contribution in [2.75, 3.05) is 0 Å². The quantitative estimate of drug-likeness (QED) is 0.721. The van der Waals surface area contributed by atoms with E-state index in [2.05, 4.69) is 15.6 Å². The first-order chi connectivity index (χ1) is 12.7. The number of nitrogens with one attached hydrogen (secondary N) is 2. The third kappa shape index (κ3) is 4.77. The third-order valence-electron chi connectivity index (χ3n) is 3.86. The highest BCUT2D eigenvalue weighted by Gasteiger charge is 2.09. The van der Waals surface area contributed by atoms with E-state index in [0.717, 1.165) is 11.3 Å². The molecule has 2 amide bonds. The maximum atomic E-state index is 12.2. The third-order valence-corrected chi connectivity index (χ3v) is 3.86. The number of carbonyl (C=O) groups excluding carboxylic acids is 2. The average molecular weight is 345 g/mol. The Morgan fingerprint density at radius 2 is 1.27 bits per heavy atom. The minimum atomic E-state index is -0.202. The van der Waals surface area contributed by atoms with Crippen LogP contribution in [0.5, 0.6) is 0 Å². The normalized spacial score (nSPS) is 10.2. The summed E-state index contributed by atoms with van der Waals surface area (Å²) in [5, 5.41) is 5.67. The maximum Gasteiger partial charge on any atom is 0.251 e. The van der Waals surface area contributed by atoms with Crippen LogP contribution in [0, 0.1) is 0 Å². The van der Waals surface area contributed by atoms with Crippen LogP contribution in [0.15, 0.2) is 79.0 Å². The van der Waals surface area contributed by atoms with Crippen molar-refractivity contribution in [2.45, 2.75) is 13.1 Å². The molecule has 0 radical (unpaired) electrons. The van der Waals surface area contributed by atoms with Crippen LogP contribution in [0.3, 0.4) is 0 Å². The van der Waals surface area contributed by atoms with Crippen molar-refractivity contribution in [1.82, 2.24) is 15.6 Å². The van der Waals surface area contributed by atoms with Gasteiger partial charge in [0.05, 0.1) is 12.2 Å². The smallest absolute Gasteiger partial charge is 0.251 e. The van der Waals surface area contributed by atoms with Crippen LogP contribution in [0.1, 0.15) is 32.0 Å². The Morgan fingerprint density at radius 3 is 1.85 bits per heavy atom. The molecule has 1 aromatic heterocycles. The minimum absolute atomic E-state index is 0.172. The molecular formula is C21H19N3O2. The summed E-state index contributed by atoms with van der Waals surface area (Å²) >= 11 is 0. The van der Waals surface area contributed by atoms with Gasteiger partial charge < -0.3 is 10.6 Å². The summed E-state index contributed by atoms with van der Waals surface area (Å²) in [5.74, 6) is -0.374. The van der Waals surface area contributed by atoms with E-state index in [1.54, 1.807) is 30.5 Å². The number of carbonyl (C=O) groups is 2. The summed E-state index contributed by atoms with van der Waals surface area (Å²) in [6.07, 6.45) is 1.68. The van der Waals surface area contributed by atoms with E-state index in [9.17, 15) is 9.59 Å². The van der Waals surface area contributed by atoms with Gasteiger partial charge in [-0.2, -0.15) is 0 Å². The molecule has 0 unspecified atom stereocenters. The molecule has 0 saturated heterocycles. The number of pyridine rings is 1. The molecule has 3 rings (SSSR count). The number of rotatable bonds is 6. The van der Waals surface area contributed by atoms with Crippen LogP contribution in [0.25, 0.3) is 0 Å². The molecule has 0 aliphatic heterocycles. The lowest BCUT2D eigenvalue weighted by Crippen LogP contribution is -2.24. The summed E-state index contributed by atoms with van der Waals surface area (Å²) in [5.41, 5.74) is 2.84. The van der Waals surface area contributed by atoms with E-state index in [0.29, 0.717) is 24.2 Å². The second kappa shape index (κ2) is 8.58. The van der Waals surface area contributed by atoms with E-state index < -0.39 is 0 Å². The van der Waals surface area contributed by atoms with E-state index in [-0.39, 0.29) is 11.8 Å². The van der Waals surface area contributed by atoms with Gasteiger partial charge in [-0.1, -0.05) is 36.4 Å². The minimum Gasteiger partial charge on any atom is -0.348 e. The SMILES string of the molecule is O=C(NCc1ccccc1)c1ccc(C(=O)NCc2ccccn2)cc1. The molecule has 0 fully saturated rings. The highest BCUT2D eigenvalue weighted by Crippen LogP contribution is 2.06. The number of amides is 2. The lowest BCUT2D eigenvalue weighted by Gasteiger charge is -2.07. The Labute approximate surface area is 152 Å². The van der Waals surface area contributed by atoms with Crippen LogP contribution in [0.2, 0.25) is 0 Å². The average Bonchev–Trinajstić information content (AvgIpc) is 2.72. The Morgan fingerprint density at radius 1 is 0.692 bits per heavy atom. The Balaban J connectivity index is 1.53. The summed E-state index contributed by atoms with van der Waals surface area (Å²) < 4.78 is 0. The van der Waals surface area contributed by atoms with E-state index in [1.807, 2.05) is 48.5 Å². The zero-order chi connectivity index (χ0) is 18.2. The molecule has 0 aliphatic carbocycles. The molecule has 26 heavy (non-hydrogen) atoms. The first kappa shape index (κ1) is 17.4. The zero-order valence-electron chi connectivity index (χ0n) is 14.2. The summed E-state index contributed by atoms with van der Waals surface area (Å²) in [6, 6.07) is 21.8. The first-order valence-corrected chi connectivity index (χ1v) is 8.32. The molecule has 5 nitrogen and oxygen atoms in total. The van der Waals surface area contributed by atoms with Gasteiger partial charge in [0, 0.05) is 23.9 Å². The summed E-state index contributed by atoms with van der Waals surface area (Å²) in [4.78, 5) is 28.5. The second-order valence-electron chi connectivity index (χ2n) is 5.75. The van der Waals surface area contributed by atoms with Crippen molar-refractivity contribution in [1.29, 1.82) is 0 Å². The summed E-state index contributed by atoms with van der Waals surface area (Å²) in [7, 11) is 0. The Hall–Kier alpha value is -3.47. The van der Waals surface area contributed by atoms with Gasteiger partial charge in [0.15, 0.2) is 0 Å². The first-order valence-electron chi connectivity index (χ1n) is 8.32. The van der Waals surface area contributed by atoms with Crippen LogP contribution in [-0.2, 0) is 13.1 Å². The van der Waals surface area contributed by atoms with Gasteiger partial charge in [0.25, 0.3) is 11.8 Å². The lowest BCUT2D eigenvalue weighted by atomic mass is 10.1. The summed E-state index contributed by atoms with van der Waals surface area (Å²) in [6.45, 7) is 0.824. The van der Waals surface area contributed by atoms with Gasteiger partial charge in [0.1, 0.15) is 0 Å². The van der Waals surface area contributed by atoms with E-state index in [1.165, 1.54) is 0 Å². The van der Waals surface area contributed by atoms with Crippen molar-refractivity contribution in [3.05, 3.63) is 101 Å². The Bertz CT molecular complexity index is 788. The van der Waals surface area contributed by atoms with Gasteiger partial charge >= 0.3 is 0 Å². The van der Waals surface area contributed by atoms with Gasteiger partial charge in [-0.15, -0.1) is 0 Å². The van der Waals surface area contributed by atoms with Gasteiger partial charge in [-0.25, -0.2) is 0 Å². The number of benzene rings is 2. The molecule has 0 atom stereocenters. The van der Waals surface area contributed by atoms with Crippen molar-refractivity contribution >= 4 is 11.8 Å². The molecule has 1 heterocycles. The fraction of sp³-hybridized carbons (Fsp3) is 0.0952. The lowest BCUT2D eigenvalue weighted by molar-refractivity contribution is 0.0939. The zero-order valence-corrected chi connectivity index (χ0v) is 14.2. The molecule has 0 aliphatic rings. The predicted molar refractivity (Wildman–Crippen MR) is 99.5 cm³/mol. The van der Waals surface area contributed by atoms with Gasteiger partial charge in [0.2, 0.25) is 0 Å². The molecule has 0 bridgehead atoms. The van der Waals surface area contributed by atoms with Crippen LogP contribution < -0.4 is 10.6 Å². The largest absolute Gasteiger partial charge is 0.348 e. The second-order valence-corrected chi connectivity index (χ2v) is 5.75. The molecule has 0 saturated carbocycles. The molecule has 5 heteroatoms. The molecule has 3 aromatic rings. The van der Waals surface area contributed by atoms with Crippen molar-refractivity contribution in [3.8, 4) is 0 Å². The number of hydrogen-bond donors (Lipinski definition) is 2. The van der Waals surface area contributed by atoms with Gasteiger partial charge in [-0.3, -0.25) is 14.6 Å². The highest BCUT2D eigenvalue weighted by molar-refractivity contribution is 5.97. The standard InChI is InChI=1S/C21H19N3O2/c25-20(23-14-16-6-2-1-3-7-16)17-9-11-18(12-10-17)21(26)24-15-19-8-4-5-13-22-19/h1-13H,14-15H2,(H,23,25)(H,24,26). The molecule has 2 aromatic carbocycles. The Kier molecular flexibility index (Phi) is 5.72. The number of hydrogen-bond acceptors (Lipinski definition) is 3. The van der Waals surface area contributed by atoms with Crippen LogP contribution >= 0.6 is 0 Å². The predicted octanol–water partition coefficient (Wildman–Crippen LogP) is 2.94. The van der Waals surface area contributed by atoms with E-state index >= 15 is 0 Å². The van der Waals surface area contributed by atoms with E-state index in [4.69, 9.17) is 0 Å². The maximum absolute atomic E-state index is 12.2. The fourth-order valence-electron chi connectivity index (χ4n) is 2.43. The highest BCUT2D eigenvalue weighted by atomic mass is 16.2. The van der Waals surface area contributed by atoms with Crippen LogP contribution in [0.4, 0.5) is 0 Å². The monoisotopic (exact) mass is 345 g/mol. The molecular weight excluding hydrogens is 326 g/mol. The molecule has 130 valence electrons. The molecule has 0 spiro atoms.